The van der Waals surface area contributed by atoms with Gasteiger partial charge in [0.25, 0.3) is 0 Å². The van der Waals surface area contributed by atoms with E-state index in [4.69, 9.17) is 4.74 Å². The van der Waals surface area contributed by atoms with Crippen molar-refractivity contribution >= 4 is 5.84 Å². The van der Waals surface area contributed by atoms with Crippen LogP contribution in [0, 0.1) is 12.7 Å². The van der Waals surface area contributed by atoms with Crippen LogP contribution in [0.5, 0.6) is 5.75 Å². The number of amidine groups is 1. The van der Waals surface area contributed by atoms with Crippen molar-refractivity contribution in [3.63, 3.8) is 0 Å². The molecule has 0 aromatic heterocycles. The van der Waals surface area contributed by atoms with Crippen LogP contribution in [0.3, 0.4) is 0 Å². The second-order valence-electron chi connectivity index (χ2n) is 6.74. The Morgan fingerprint density at radius 1 is 1.29 bits per heavy atom. The van der Waals surface area contributed by atoms with Crippen LogP contribution in [0.25, 0.3) is 0 Å². The fourth-order valence-electron chi connectivity index (χ4n) is 3.61. The number of fused-ring (bicyclic) bond motifs is 3. The molecule has 0 N–H and O–H groups in total. The molecule has 0 fully saturated rings. The van der Waals surface area contributed by atoms with Gasteiger partial charge in [-0.2, -0.15) is 22.0 Å². The molecule has 0 amide bonds. The van der Waals surface area contributed by atoms with Gasteiger partial charge in [0, 0.05) is 18.2 Å². The van der Waals surface area contributed by atoms with E-state index in [1.54, 1.807) is 13.0 Å². The van der Waals surface area contributed by atoms with E-state index in [0.29, 0.717) is 17.2 Å². The summed E-state index contributed by atoms with van der Waals surface area (Å²) in [6.07, 6.45) is -3.21. The number of benzene rings is 1. The van der Waals surface area contributed by atoms with Gasteiger partial charge < -0.3 is 14.4 Å². The first-order chi connectivity index (χ1) is 13.1. The number of alkyl halides is 5. The van der Waals surface area contributed by atoms with Crippen molar-refractivity contribution in [2.45, 2.75) is 31.7 Å². The predicted molar refractivity (Wildman–Crippen MR) is 86.4 cm³/mol. The zero-order valence-corrected chi connectivity index (χ0v) is 14.5. The Morgan fingerprint density at radius 2 is 2.04 bits per heavy atom. The Balaban J connectivity index is 1.82. The normalized spacial score (nSPS) is 23.7. The highest BCUT2D eigenvalue weighted by molar-refractivity contribution is 6.00. The summed E-state index contributed by atoms with van der Waals surface area (Å²) >= 11 is 0. The van der Waals surface area contributed by atoms with Gasteiger partial charge in [-0.3, -0.25) is 4.99 Å². The van der Waals surface area contributed by atoms with Gasteiger partial charge >= 0.3 is 12.8 Å². The molecule has 3 aliphatic rings. The number of allylic oxidation sites excluding steroid dienone is 2. The quantitative estimate of drug-likeness (QED) is 0.685. The Bertz CT molecular complexity index is 921. The summed E-state index contributed by atoms with van der Waals surface area (Å²) in [5, 5.41) is 0. The lowest BCUT2D eigenvalue weighted by atomic mass is 9.84. The number of aliphatic imine (C=N–C) groups is 1. The van der Waals surface area contributed by atoms with Gasteiger partial charge in [-0.15, -0.1) is 0 Å². The first kappa shape index (κ1) is 18.7. The molecule has 0 saturated heterocycles. The number of ether oxygens (including phenoxy) is 2. The molecule has 28 heavy (non-hydrogen) atoms. The van der Waals surface area contributed by atoms with Gasteiger partial charge in [0.15, 0.2) is 23.2 Å². The van der Waals surface area contributed by atoms with Crippen molar-refractivity contribution in [2.75, 3.05) is 13.2 Å². The third-order valence-corrected chi connectivity index (χ3v) is 4.92. The minimum atomic E-state index is -4.76. The van der Waals surface area contributed by atoms with E-state index in [1.807, 2.05) is 0 Å². The summed E-state index contributed by atoms with van der Waals surface area (Å²) in [6, 6.07) is 3.12. The van der Waals surface area contributed by atoms with E-state index in [-0.39, 0.29) is 31.2 Å². The van der Waals surface area contributed by atoms with Crippen LogP contribution in [0.2, 0.25) is 0 Å². The molecule has 3 heterocycles. The number of hydrogen-bond acceptors (Lipinski definition) is 4. The minimum Gasteiger partial charge on any atom is -0.490 e. The van der Waals surface area contributed by atoms with Crippen molar-refractivity contribution in [3.8, 4) is 5.75 Å². The summed E-state index contributed by atoms with van der Waals surface area (Å²) in [5.41, 5.74) is -1.55. The van der Waals surface area contributed by atoms with Crippen LogP contribution in [-0.2, 0) is 10.3 Å². The van der Waals surface area contributed by atoms with E-state index in [9.17, 15) is 26.3 Å². The Labute approximate surface area is 155 Å². The van der Waals surface area contributed by atoms with E-state index in [2.05, 4.69) is 9.73 Å². The predicted octanol–water partition coefficient (Wildman–Crippen LogP) is 4.41. The van der Waals surface area contributed by atoms with Crippen molar-refractivity contribution in [1.29, 1.82) is 0 Å². The summed E-state index contributed by atoms with van der Waals surface area (Å²) < 4.78 is 89.3. The molecule has 4 rings (SSSR count). The van der Waals surface area contributed by atoms with Gasteiger partial charge in [0.2, 0.25) is 0 Å². The Hall–Kier alpha value is -2.65. The third-order valence-electron chi connectivity index (χ3n) is 4.92. The highest BCUT2D eigenvalue weighted by Gasteiger charge is 2.49. The monoisotopic (exact) mass is 404 g/mol. The molecule has 0 aliphatic carbocycles. The number of rotatable bonds is 2. The first-order valence-corrected chi connectivity index (χ1v) is 8.35. The van der Waals surface area contributed by atoms with Gasteiger partial charge in [0.05, 0.1) is 18.7 Å². The zero-order valence-electron chi connectivity index (χ0n) is 14.5. The van der Waals surface area contributed by atoms with Crippen LogP contribution in [0.1, 0.15) is 17.5 Å². The largest absolute Gasteiger partial charge is 0.490 e. The molecule has 0 saturated carbocycles. The van der Waals surface area contributed by atoms with Crippen molar-refractivity contribution < 1.29 is 35.8 Å². The van der Waals surface area contributed by atoms with Crippen LogP contribution in [0.4, 0.5) is 26.3 Å². The van der Waals surface area contributed by atoms with Gasteiger partial charge in [-0.25, -0.2) is 4.39 Å². The molecule has 10 heteroatoms. The number of aryl methyl sites for hydroxylation is 1. The molecule has 1 atom stereocenters. The Kier molecular flexibility index (Phi) is 4.13. The molecule has 1 aromatic rings. The van der Waals surface area contributed by atoms with Crippen LogP contribution < -0.4 is 4.74 Å². The zero-order chi connectivity index (χ0) is 20.3. The standard InChI is InChI=1S/C18H14F6N2O2/c1-9-2-3-11-14(13(9)19)27-5-4-17(11)8-26-7-10(18(22,23)24)6-12(15(26)25-17)28-16(20)21/h2-3,6-7,16H,4-5,8H2,1H3/t17-/m1/s1. The minimum absolute atomic E-state index is 0.0178. The maximum absolute atomic E-state index is 14.5. The van der Waals surface area contributed by atoms with Crippen LogP contribution in [0.15, 0.2) is 40.7 Å². The SMILES string of the molecule is Cc1ccc2c(c1F)OCC[C@@]21CN2C=C(C(F)(F)F)C=C(OC(F)F)C2=N1. The average Bonchev–Trinajstić information content (AvgIpc) is 2.96. The lowest BCUT2D eigenvalue weighted by Gasteiger charge is -2.34. The molecule has 3 aliphatic heterocycles. The molecule has 1 aromatic carbocycles. The third kappa shape index (κ3) is 2.91. The summed E-state index contributed by atoms with van der Waals surface area (Å²) in [5.74, 6) is -1.42. The molecule has 0 unspecified atom stereocenters. The second-order valence-corrected chi connectivity index (χ2v) is 6.74. The lowest BCUT2D eigenvalue weighted by Crippen LogP contribution is -2.38. The van der Waals surface area contributed by atoms with E-state index < -0.39 is 35.5 Å². The number of halogens is 6. The highest BCUT2D eigenvalue weighted by atomic mass is 19.4. The second kappa shape index (κ2) is 6.18. The number of nitrogens with zero attached hydrogens (tertiary/aromatic N) is 2. The van der Waals surface area contributed by atoms with Gasteiger partial charge in [0.1, 0.15) is 5.54 Å². The lowest BCUT2D eigenvalue weighted by molar-refractivity contribution is -0.0981. The van der Waals surface area contributed by atoms with Crippen molar-refractivity contribution in [3.05, 3.63) is 52.7 Å². The van der Waals surface area contributed by atoms with E-state index in [0.717, 1.165) is 11.1 Å². The molecule has 1 spiro atoms. The van der Waals surface area contributed by atoms with Crippen LogP contribution in [-0.4, -0.2) is 36.7 Å². The molecular weight excluding hydrogens is 390 g/mol. The van der Waals surface area contributed by atoms with Crippen molar-refractivity contribution in [2.24, 2.45) is 4.99 Å². The average molecular weight is 404 g/mol. The summed E-state index contributed by atoms with van der Waals surface area (Å²) in [4.78, 5) is 5.54. The van der Waals surface area contributed by atoms with Gasteiger partial charge in [-0.05, 0) is 18.6 Å². The molecule has 0 bridgehead atoms. The fourth-order valence-corrected chi connectivity index (χ4v) is 3.61. The molecular formula is C18H14F6N2O2. The summed E-state index contributed by atoms with van der Waals surface area (Å²) in [7, 11) is 0. The van der Waals surface area contributed by atoms with Crippen LogP contribution >= 0.6 is 0 Å². The number of hydrogen-bond donors (Lipinski definition) is 0. The smallest absolute Gasteiger partial charge is 0.417 e. The molecule has 150 valence electrons. The first-order valence-electron chi connectivity index (χ1n) is 8.35. The maximum Gasteiger partial charge on any atom is 0.417 e. The van der Waals surface area contributed by atoms with E-state index >= 15 is 0 Å². The summed E-state index contributed by atoms with van der Waals surface area (Å²) in [6.45, 7) is -1.76. The van der Waals surface area contributed by atoms with E-state index in [1.165, 1.54) is 6.07 Å². The van der Waals surface area contributed by atoms with Gasteiger partial charge in [-0.1, -0.05) is 12.1 Å². The van der Waals surface area contributed by atoms with Crippen molar-refractivity contribution in [1.82, 2.24) is 4.90 Å². The molecule has 4 nitrogen and oxygen atoms in total. The fraction of sp³-hybridized carbons (Fsp3) is 0.389. The molecule has 0 radical (unpaired) electrons. The Morgan fingerprint density at radius 3 is 2.71 bits per heavy atom. The highest BCUT2D eigenvalue weighted by Crippen LogP contribution is 2.47. The topological polar surface area (TPSA) is 34.1 Å². The maximum atomic E-state index is 14.5.